The highest BCUT2D eigenvalue weighted by Gasteiger charge is 2.31. The van der Waals surface area contributed by atoms with Crippen LogP contribution in [0.15, 0.2) is 24.3 Å². The van der Waals surface area contributed by atoms with Crippen LogP contribution in [0, 0.1) is 17.8 Å². The average Bonchev–Trinajstić information content (AvgIpc) is 2.95. The number of aromatic carboxylic acids is 1. The van der Waals surface area contributed by atoms with Gasteiger partial charge in [-0.2, -0.15) is 0 Å². The Labute approximate surface area is 265 Å². The summed E-state index contributed by atoms with van der Waals surface area (Å²) in [6, 6.07) is 2.59. The quantitative estimate of drug-likeness (QED) is 0.126. The molecule has 0 saturated carbocycles. The van der Waals surface area contributed by atoms with Crippen molar-refractivity contribution in [2.24, 2.45) is 17.8 Å². The third-order valence-electron chi connectivity index (χ3n) is 7.42. The molecule has 45 heavy (non-hydrogen) atoms. The van der Waals surface area contributed by atoms with E-state index in [1.807, 2.05) is 27.7 Å². The summed E-state index contributed by atoms with van der Waals surface area (Å²) in [6.45, 7) is 13.9. The fourth-order valence-corrected chi connectivity index (χ4v) is 4.63. The van der Waals surface area contributed by atoms with Crippen molar-refractivity contribution in [2.75, 3.05) is 0 Å². The predicted molar refractivity (Wildman–Crippen MR) is 169 cm³/mol. The minimum atomic E-state index is -1.29. The SMILES string of the molecule is CC[C@@H](C)[C@@H](NC(C)=O)C(=O)N[C@@H](C)C(=O)N[C@@H](CC(C)C)[C@@H](O)CC(=O)N[C@H](C(=O)NCc1cccc(C(=O)O)c1)C(C)C. The van der Waals surface area contributed by atoms with Crippen LogP contribution in [0.2, 0.25) is 0 Å². The normalized spacial score (nSPS) is 15.2. The summed E-state index contributed by atoms with van der Waals surface area (Å²) >= 11 is 0. The summed E-state index contributed by atoms with van der Waals surface area (Å²) in [6.07, 6.45) is -0.718. The second-order valence-electron chi connectivity index (χ2n) is 12.3. The molecule has 1 aromatic rings. The smallest absolute Gasteiger partial charge is 0.335 e. The molecule has 5 amide bonds. The van der Waals surface area contributed by atoms with Gasteiger partial charge in [-0.05, 0) is 48.8 Å². The van der Waals surface area contributed by atoms with Gasteiger partial charge in [-0.1, -0.05) is 60.1 Å². The van der Waals surface area contributed by atoms with Gasteiger partial charge in [0.25, 0.3) is 0 Å². The zero-order valence-corrected chi connectivity index (χ0v) is 27.6. The van der Waals surface area contributed by atoms with Crippen LogP contribution in [-0.2, 0) is 30.5 Å². The van der Waals surface area contributed by atoms with E-state index in [-0.39, 0.29) is 35.8 Å². The lowest BCUT2D eigenvalue weighted by Gasteiger charge is -2.29. The number of hydrogen-bond acceptors (Lipinski definition) is 7. The molecule has 0 unspecified atom stereocenters. The van der Waals surface area contributed by atoms with E-state index in [1.165, 1.54) is 26.0 Å². The largest absolute Gasteiger partial charge is 0.478 e. The standard InChI is InChI=1S/C32H51N5O8/c1-9-19(6)28(35-21(8)38)31(43)34-20(7)29(41)36-24(13-17(2)3)25(39)15-26(40)37-27(18(4)5)30(42)33-16-22-11-10-12-23(14-22)32(44)45/h10-12,14,17-20,24-25,27-28,39H,9,13,15-16H2,1-8H3,(H,33,42)(H,34,43)(H,35,38)(H,36,41)(H,37,40)(H,44,45)/t19-,20+,24+,25+,27+,28-/m1/s1. The molecule has 0 aliphatic heterocycles. The number of aliphatic hydroxyl groups excluding tert-OH is 1. The van der Waals surface area contributed by atoms with Gasteiger partial charge in [-0.3, -0.25) is 24.0 Å². The van der Waals surface area contributed by atoms with E-state index in [2.05, 4.69) is 26.6 Å². The Morgan fingerprint density at radius 1 is 0.822 bits per heavy atom. The first kappa shape index (κ1) is 39.0. The first-order valence-electron chi connectivity index (χ1n) is 15.4. The van der Waals surface area contributed by atoms with Crippen LogP contribution in [0.4, 0.5) is 0 Å². The summed E-state index contributed by atoms with van der Waals surface area (Å²) in [5, 5.41) is 33.5. The summed E-state index contributed by atoms with van der Waals surface area (Å²) in [7, 11) is 0. The number of hydrogen-bond donors (Lipinski definition) is 7. The van der Waals surface area contributed by atoms with E-state index in [0.717, 1.165) is 0 Å². The molecule has 13 nitrogen and oxygen atoms in total. The number of carboxylic acids is 1. The predicted octanol–water partition coefficient (Wildman–Crippen LogP) is 1.48. The van der Waals surface area contributed by atoms with Crippen LogP contribution in [0.5, 0.6) is 0 Å². The van der Waals surface area contributed by atoms with E-state index in [0.29, 0.717) is 18.4 Å². The van der Waals surface area contributed by atoms with Crippen molar-refractivity contribution >= 4 is 35.5 Å². The number of carboxylic acid groups (broad SMARTS) is 1. The first-order chi connectivity index (χ1) is 21.0. The highest BCUT2D eigenvalue weighted by Crippen LogP contribution is 2.13. The van der Waals surface area contributed by atoms with Crippen molar-refractivity contribution in [3.8, 4) is 0 Å². The zero-order valence-electron chi connectivity index (χ0n) is 27.6. The molecule has 7 N–H and O–H groups in total. The zero-order chi connectivity index (χ0) is 34.4. The molecular weight excluding hydrogens is 582 g/mol. The second kappa shape index (κ2) is 18.7. The number of carbonyl (C=O) groups is 6. The van der Waals surface area contributed by atoms with Gasteiger partial charge in [0.1, 0.15) is 18.1 Å². The number of benzene rings is 1. The summed E-state index contributed by atoms with van der Waals surface area (Å²) in [5.41, 5.74) is 0.667. The monoisotopic (exact) mass is 633 g/mol. The fraction of sp³-hybridized carbons (Fsp3) is 0.625. The van der Waals surface area contributed by atoms with Gasteiger partial charge in [0.2, 0.25) is 29.5 Å². The van der Waals surface area contributed by atoms with Crippen LogP contribution >= 0.6 is 0 Å². The van der Waals surface area contributed by atoms with E-state index in [4.69, 9.17) is 0 Å². The average molecular weight is 634 g/mol. The molecule has 0 aliphatic carbocycles. The molecule has 0 bridgehead atoms. The Hall–Kier alpha value is -4.00. The molecule has 0 spiro atoms. The van der Waals surface area contributed by atoms with Gasteiger partial charge in [-0.25, -0.2) is 4.79 Å². The molecule has 0 aliphatic rings. The minimum Gasteiger partial charge on any atom is -0.478 e. The molecule has 13 heteroatoms. The third-order valence-corrected chi connectivity index (χ3v) is 7.42. The van der Waals surface area contributed by atoms with Gasteiger partial charge < -0.3 is 36.8 Å². The minimum absolute atomic E-state index is 0.0429. The molecule has 0 radical (unpaired) electrons. The fourth-order valence-electron chi connectivity index (χ4n) is 4.63. The maximum atomic E-state index is 13.0. The molecule has 252 valence electrons. The molecule has 1 rings (SSSR count). The van der Waals surface area contributed by atoms with Crippen LogP contribution in [0.25, 0.3) is 0 Å². The molecule has 6 atom stereocenters. The number of rotatable bonds is 18. The van der Waals surface area contributed by atoms with Crippen molar-refractivity contribution in [1.82, 2.24) is 26.6 Å². The number of amides is 5. The van der Waals surface area contributed by atoms with E-state index >= 15 is 0 Å². The maximum absolute atomic E-state index is 13.0. The molecule has 1 aromatic carbocycles. The Morgan fingerprint density at radius 2 is 1.47 bits per heavy atom. The highest BCUT2D eigenvalue weighted by atomic mass is 16.4. The Bertz CT molecular complexity index is 1190. The third kappa shape index (κ3) is 13.7. The molecular formula is C32H51N5O8. The lowest BCUT2D eigenvalue weighted by atomic mass is 9.96. The summed E-state index contributed by atoms with van der Waals surface area (Å²) < 4.78 is 0. The van der Waals surface area contributed by atoms with Crippen LogP contribution < -0.4 is 26.6 Å². The van der Waals surface area contributed by atoms with Crippen molar-refractivity contribution in [2.45, 2.75) is 111 Å². The molecule has 0 fully saturated rings. The number of carbonyl (C=O) groups excluding carboxylic acids is 5. The van der Waals surface area contributed by atoms with Crippen LogP contribution in [0.3, 0.4) is 0 Å². The van der Waals surface area contributed by atoms with Crippen molar-refractivity contribution in [1.29, 1.82) is 0 Å². The van der Waals surface area contributed by atoms with E-state index < -0.39 is 66.3 Å². The van der Waals surface area contributed by atoms with Crippen molar-refractivity contribution in [3.05, 3.63) is 35.4 Å². The molecule has 0 heterocycles. The topological polar surface area (TPSA) is 203 Å². The number of aliphatic hydroxyl groups is 1. The lowest BCUT2D eigenvalue weighted by Crippen LogP contribution is -2.57. The first-order valence-corrected chi connectivity index (χ1v) is 15.4. The van der Waals surface area contributed by atoms with E-state index in [9.17, 15) is 39.0 Å². The van der Waals surface area contributed by atoms with Gasteiger partial charge in [0.05, 0.1) is 24.1 Å². The Kier molecular flexibility index (Phi) is 16.2. The van der Waals surface area contributed by atoms with Crippen molar-refractivity contribution in [3.63, 3.8) is 0 Å². The summed E-state index contributed by atoms with van der Waals surface area (Å²) in [4.78, 5) is 74.6. The second-order valence-corrected chi connectivity index (χ2v) is 12.3. The maximum Gasteiger partial charge on any atom is 0.335 e. The van der Waals surface area contributed by atoms with Crippen molar-refractivity contribution < 1.29 is 39.0 Å². The van der Waals surface area contributed by atoms with Crippen LogP contribution in [0.1, 0.15) is 90.6 Å². The van der Waals surface area contributed by atoms with E-state index in [1.54, 1.807) is 26.0 Å². The Balaban J connectivity index is 2.86. The number of nitrogens with one attached hydrogen (secondary N) is 5. The van der Waals surface area contributed by atoms with Gasteiger partial charge in [-0.15, -0.1) is 0 Å². The summed E-state index contributed by atoms with van der Waals surface area (Å²) in [5.74, 6) is -4.02. The molecule has 0 saturated heterocycles. The van der Waals surface area contributed by atoms with Gasteiger partial charge in [0.15, 0.2) is 0 Å². The van der Waals surface area contributed by atoms with Gasteiger partial charge in [0, 0.05) is 13.5 Å². The van der Waals surface area contributed by atoms with Crippen LogP contribution in [-0.4, -0.2) is 76.0 Å². The molecule has 0 aromatic heterocycles. The highest BCUT2D eigenvalue weighted by molar-refractivity contribution is 5.92. The Morgan fingerprint density at radius 3 is 2.00 bits per heavy atom. The lowest BCUT2D eigenvalue weighted by molar-refractivity contribution is -0.133. The van der Waals surface area contributed by atoms with Gasteiger partial charge >= 0.3 is 5.97 Å².